The third kappa shape index (κ3) is 4.34. The Balaban J connectivity index is 1.52. The number of sulfone groups is 1. The lowest BCUT2D eigenvalue weighted by molar-refractivity contribution is -0.133. The van der Waals surface area contributed by atoms with Crippen molar-refractivity contribution in [1.29, 1.82) is 0 Å². The molecule has 0 aliphatic carbocycles. The molecule has 0 spiro atoms. The summed E-state index contributed by atoms with van der Waals surface area (Å²) in [6.45, 7) is 1.51. The maximum absolute atomic E-state index is 13.0. The first-order chi connectivity index (χ1) is 14.7. The summed E-state index contributed by atoms with van der Waals surface area (Å²) in [5.74, 6) is 0.672. The fourth-order valence-electron chi connectivity index (χ4n) is 3.85. The van der Waals surface area contributed by atoms with Crippen molar-refractivity contribution in [3.63, 3.8) is 0 Å². The lowest BCUT2D eigenvalue weighted by atomic mass is 10.0. The summed E-state index contributed by atoms with van der Waals surface area (Å²) in [4.78, 5) is 26.9. The van der Waals surface area contributed by atoms with Gasteiger partial charge in [-0.1, -0.05) is 30.3 Å². The van der Waals surface area contributed by atoms with Crippen molar-refractivity contribution in [1.82, 2.24) is 4.90 Å². The monoisotopic (exact) mass is 441 g/mol. The second-order valence-electron chi connectivity index (χ2n) is 7.74. The van der Waals surface area contributed by atoms with Gasteiger partial charge >= 0.3 is 0 Å². The molecule has 0 saturated carbocycles. The number of carbonyl (C=O) groups excluding carboxylic acids is 1. The van der Waals surface area contributed by atoms with E-state index < -0.39 is 9.84 Å². The van der Waals surface area contributed by atoms with Gasteiger partial charge in [0, 0.05) is 19.2 Å². The van der Waals surface area contributed by atoms with Gasteiger partial charge in [0.05, 0.1) is 22.5 Å². The van der Waals surface area contributed by atoms with Crippen LogP contribution in [-0.4, -0.2) is 50.4 Å². The molecule has 0 N–H and O–H groups in total. The van der Waals surface area contributed by atoms with E-state index in [4.69, 9.17) is 9.15 Å². The van der Waals surface area contributed by atoms with Crippen molar-refractivity contribution in [2.45, 2.75) is 19.4 Å². The number of fused-ring (bicyclic) bond motifs is 1. The molecule has 1 amide bonds. The Morgan fingerprint density at radius 3 is 2.61 bits per heavy atom. The van der Waals surface area contributed by atoms with E-state index in [1.54, 1.807) is 32.2 Å². The van der Waals surface area contributed by atoms with E-state index in [1.165, 1.54) is 4.90 Å². The molecule has 0 unspecified atom stereocenters. The Morgan fingerprint density at radius 2 is 1.94 bits per heavy atom. The zero-order chi connectivity index (χ0) is 22.2. The molecule has 1 atom stereocenters. The van der Waals surface area contributed by atoms with Crippen LogP contribution in [0.15, 0.2) is 57.7 Å². The zero-order valence-corrected chi connectivity index (χ0v) is 18.1. The quantitative estimate of drug-likeness (QED) is 0.604. The van der Waals surface area contributed by atoms with Gasteiger partial charge in [-0.3, -0.25) is 9.59 Å². The van der Waals surface area contributed by atoms with Crippen LogP contribution in [0.3, 0.4) is 0 Å². The Labute approximate surface area is 180 Å². The van der Waals surface area contributed by atoms with Crippen molar-refractivity contribution >= 4 is 26.7 Å². The molecule has 2 heterocycles. The van der Waals surface area contributed by atoms with Gasteiger partial charge in [0.15, 0.2) is 16.4 Å². The first-order valence-corrected chi connectivity index (χ1v) is 11.8. The van der Waals surface area contributed by atoms with E-state index >= 15 is 0 Å². The molecule has 162 valence electrons. The van der Waals surface area contributed by atoms with Crippen LogP contribution in [0.1, 0.15) is 12.2 Å². The first-order valence-electron chi connectivity index (χ1n) is 9.97. The summed E-state index contributed by atoms with van der Waals surface area (Å²) < 4.78 is 34.8. The predicted octanol–water partition coefficient (Wildman–Crippen LogP) is 2.79. The number of rotatable bonds is 5. The third-order valence-corrected chi connectivity index (χ3v) is 7.36. The Morgan fingerprint density at radius 1 is 1.19 bits per heavy atom. The summed E-state index contributed by atoms with van der Waals surface area (Å²) in [5, 5.41) is 0.427. The third-order valence-electron chi connectivity index (χ3n) is 5.61. The molecular formula is C23H23NO6S. The lowest BCUT2D eigenvalue weighted by Gasteiger charge is -2.23. The minimum absolute atomic E-state index is 0.0145. The number of benzene rings is 2. The maximum atomic E-state index is 13.0. The van der Waals surface area contributed by atoms with Gasteiger partial charge in [0.25, 0.3) is 5.91 Å². The second-order valence-corrected chi connectivity index (χ2v) is 9.97. The number of hydrogen-bond donors (Lipinski definition) is 0. The molecule has 1 aliphatic rings. The molecule has 4 rings (SSSR count). The van der Waals surface area contributed by atoms with Gasteiger partial charge in [-0.25, -0.2) is 8.42 Å². The van der Waals surface area contributed by atoms with Gasteiger partial charge in [0.1, 0.15) is 17.1 Å². The van der Waals surface area contributed by atoms with Gasteiger partial charge < -0.3 is 14.1 Å². The highest BCUT2D eigenvalue weighted by atomic mass is 32.2. The molecule has 8 heteroatoms. The molecule has 1 fully saturated rings. The Bertz CT molecular complexity index is 1300. The average Bonchev–Trinajstić information content (AvgIpc) is 3.11. The van der Waals surface area contributed by atoms with Crippen LogP contribution in [0.4, 0.5) is 0 Å². The minimum Gasteiger partial charge on any atom is -0.484 e. The van der Waals surface area contributed by atoms with Crippen LogP contribution in [0.25, 0.3) is 22.1 Å². The van der Waals surface area contributed by atoms with E-state index in [1.807, 2.05) is 30.3 Å². The molecule has 31 heavy (non-hydrogen) atoms. The summed E-state index contributed by atoms with van der Waals surface area (Å²) in [5.41, 5.74) is 1.56. The van der Waals surface area contributed by atoms with E-state index in [9.17, 15) is 18.0 Å². The van der Waals surface area contributed by atoms with Crippen molar-refractivity contribution in [3.8, 4) is 16.9 Å². The normalized spacial score (nSPS) is 17.5. The average molecular weight is 442 g/mol. The Kier molecular flexibility index (Phi) is 5.58. The summed E-state index contributed by atoms with van der Waals surface area (Å²) in [7, 11) is -1.49. The van der Waals surface area contributed by atoms with Crippen molar-refractivity contribution in [2.24, 2.45) is 0 Å². The largest absolute Gasteiger partial charge is 0.484 e. The molecule has 3 aromatic rings. The van der Waals surface area contributed by atoms with Crippen molar-refractivity contribution in [3.05, 3.63) is 64.5 Å². The van der Waals surface area contributed by atoms with E-state index in [0.29, 0.717) is 34.5 Å². The second kappa shape index (κ2) is 8.19. The highest BCUT2D eigenvalue weighted by Crippen LogP contribution is 2.26. The molecule has 1 aliphatic heterocycles. The maximum Gasteiger partial charge on any atom is 0.260 e. The number of carbonyl (C=O) groups is 1. The highest BCUT2D eigenvalue weighted by molar-refractivity contribution is 7.91. The van der Waals surface area contributed by atoms with Crippen LogP contribution in [0, 0.1) is 6.92 Å². The van der Waals surface area contributed by atoms with E-state index in [0.717, 1.165) is 5.56 Å². The van der Waals surface area contributed by atoms with E-state index in [2.05, 4.69) is 0 Å². The highest BCUT2D eigenvalue weighted by Gasteiger charge is 2.32. The predicted molar refractivity (Wildman–Crippen MR) is 118 cm³/mol. The zero-order valence-electron chi connectivity index (χ0n) is 17.3. The topological polar surface area (TPSA) is 93.9 Å². The fourth-order valence-corrected chi connectivity index (χ4v) is 5.62. The fraction of sp³-hybridized carbons (Fsp3) is 0.304. The van der Waals surface area contributed by atoms with Gasteiger partial charge in [0.2, 0.25) is 5.43 Å². The molecule has 1 saturated heterocycles. The SMILES string of the molecule is Cc1oc2cc(OCC(=O)N(C)[C@H]3CCS(=O)(=O)C3)ccc2c(=O)c1-c1ccccc1. The van der Waals surface area contributed by atoms with Crippen LogP contribution < -0.4 is 10.2 Å². The lowest BCUT2D eigenvalue weighted by Crippen LogP contribution is -2.40. The van der Waals surface area contributed by atoms with Crippen LogP contribution in [0.5, 0.6) is 5.75 Å². The van der Waals surface area contributed by atoms with Crippen LogP contribution >= 0.6 is 0 Å². The van der Waals surface area contributed by atoms with Gasteiger partial charge in [-0.2, -0.15) is 0 Å². The van der Waals surface area contributed by atoms with Crippen molar-refractivity contribution < 1.29 is 22.4 Å². The summed E-state index contributed by atoms with van der Waals surface area (Å²) >= 11 is 0. The van der Waals surface area contributed by atoms with Crippen LogP contribution in [0.2, 0.25) is 0 Å². The molecule has 0 radical (unpaired) electrons. The number of amides is 1. The Hall–Kier alpha value is -3.13. The number of nitrogens with zero attached hydrogens (tertiary/aromatic N) is 1. The molecule has 0 bridgehead atoms. The molecular weight excluding hydrogens is 418 g/mol. The molecule has 7 nitrogen and oxygen atoms in total. The van der Waals surface area contributed by atoms with Crippen LogP contribution in [-0.2, 0) is 14.6 Å². The van der Waals surface area contributed by atoms with Gasteiger partial charge in [-0.15, -0.1) is 0 Å². The van der Waals surface area contributed by atoms with E-state index in [-0.39, 0.29) is 35.5 Å². The minimum atomic E-state index is -3.07. The number of hydrogen-bond acceptors (Lipinski definition) is 6. The molecule has 1 aromatic heterocycles. The number of ether oxygens (including phenoxy) is 1. The number of likely N-dealkylation sites (N-methyl/N-ethyl adjacent to an activating group) is 1. The number of aryl methyl sites for hydroxylation is 1. The first kappa shape index (κ1) is 21.1. The smallest absolute Gasteiger partial charge is 0.260 e. The molecule has 2 aromatic carbocycles. The van der Waals surface area contributed by atoms with Gasteiger partial charge in [-0.05, 0) is 31.0 Å². The standard InChI is InChI=1S/C23H23NO6S/c1-15-22(16-6-4-3-5-7-16)23(26)19-9-8-18(12-20(19)30-15)29-13-21(25)24(2)17-10-11-31(27,28)14-17/h3-9,12,17H,10-11,13-14H2,1-2H3/t17-/m0/s1. The summed E-state index contributed by atoms with van der Waals surface area (Å²) in [6.07, 6.45) is 0.439. The summed E-state index contributed by atoms with van der Waals surface area (Å²) in [6, 6.07) is 13.8. The van der Waals surface area contributed by atoms with Crippen molar-refractivity contribution in [2.75, 3.05) is 25.2 Å².